The van der Waals surface area contributed by atoms with Crippen LogP contribution in [-0.2, 0) is 16.0 Å². The number of amides is 1. The maximum atomic E-state index is 14.7. The molecule has 1 saturated heterocycles. The Kier molecular flexibility index (Phi) is 6.55. The molecule has 5 nitrogen and oxygen atoms in total. The van der Waals surface area contributed by atoms with Crippen molar-refractivity contribution >= 4 is 28.4 Å². The number of carbonyl (C=O) groups excluding carboxylic acids is 1. The number of carbonyl (C=O) groups is 1. The van der Waals surface area contributed by atoms with Crippen molar-refractivity contribution in [1.29, 1.82) is 0 Å². The van der Waals surface area contributed by atoms with Gasteiger partial charge >= 0.3 is 0 Å². The summed E-state index contributed by atoms with van der Waals surface area (Å²) in [4.78, 5) is 17.8. The largest absolute Gasteiger partial charge is 0.376 e. The van der Waals surface area contributed by atoms with Crippen molar-refractivity contribution in [1.82, 2.24) is 15.2 Å². The van der Waals surface area contributed by atoms with Crippen molar-refractivity contribution in [3.8, 4) is 0 Å². The molecule has 1 aliphatic rings. The number of hydrogen-bond acceptors (Lipinski definition) is 3. The van der Waals surface area contributed by atoms with E-state index in [9.17, 15) is 13.6 Å². The molecule has 4 rings (SSSR count). The molecule has 2 atom stereocenters. The number of nitrogens with zero attached hydrogens (tertiary/aromatic N) is 1. The number of aromatic nitrogens is 1. The number of fused-ring (bicyclic) bond motifs is 1. The fourth-order valence-electron chi connectivity index (χ4n) is 4.11. The van der Waals surface area contributed by atoms with E-state index in [1.165, 1.54) is 18.2 Å². The Bertz CT molecular complexity index is 1070. The average molecular weight is 448 g/mol. The summed E-state index contributed by atoms with van der Waals surface area (Å²) < 4.78 is 33.9. The predicted octanol–water partition coefficient (Wildman–Crippen LogP) is 4.22. The number of morpholine rings is 1. The maximum Gasteiger partial charge on any atom is 0.224 e. The maximum absolute atomic E-state index is 14.7. The van der Waals surface area contributed by atoms with Gasteiger partial charge in [0.1, 0.15) is 11.6 Å². The van der Waals surface area contributed by atoms with Crippen LogP contribution in [0.25, 0.3) is 10.9 Å². The highest BCUT2D eigenvalue weighted by Gasteiger charge is 2.29. The molecule has 2 heterocycles. The first-order chi connectivity index (χ1) is 14.9. The summed E-state index contributed by atoms with van der Waals surface area (Å²) in [6.45, 7) is 3.90. The number of hydrogen-bond donors (Lipinski definition) is 2. The second-order valence-electron chi connectivity index (χ2n) is 7.81. The quantitative estimate of drug-likeness (QED) is 0.595. The van der Waals surface area contributed by atoms with Crippen molar-refractivity contribution < 1.29 is 18.3 Å². The van der Waals surface area contributed by atoms with E-state index in [0.717, 1.165) is 5.52 Å². The first-order valence-electron chi connectivity index (χ1n) is 10.2. The predicted molar refractivity (Wildman–Crippen MR) is 116 cm³/mol. The molecule has 2 aromatic carbocycles. The molecule has 31 heavy (non-hydrogen) atoms. The highest BCUT2D eigenvalue weighted by atomic mass is 35.5. The van der Waals surface area contributed by atoms with Crippen molar-refractivity contribution in [2.24, 2.45) is 0 Å². The van der Waals surface area contributed by atoms with Crippen molar-refractivity contribution in [3.63, 3.8) is 0 Å². The van der Waals surface area contributed by atoms with Crippen LogP contribution in [-0.4, -0.2) is 48.1 Å². The van der Waals surface area contributed by atoms with E-state index in [0.29, 0.717) is 41.2 Å². The van der Waals surface area contributed by atoms with Crippen LogP contribution >= 0.6 is 11.6 Å². The molecular formula is C23H24ClF2N3O2. The molecule has 8 heteroatoms. The summed E-state index contributed by atoms with van der Waals surface area (Å²) in [5, 5.41) is 3.91. The van der Waals surface area contributed by atoms with Crippen LogP contribution in [0.5, 0.6) is 0 Å². The Morgan fingerprint density at radius 1 is 1.35 bits per heavy atom. The second-order valence-corrected chi connectivity index (χ2v) is 8.22. The second kappa shape index (κ2) is 9.34. The van der Waals surface area contributed by atoms with Crippen LogP contribution < -0.4 is 5.32 Å². The molecule has 1 aliphatic heterocycles. The monoisotopic (exact) mass is 447 g/mol. The number of aromatic amines is 1. The minimum Gasteiger partial charge on any atom is -0.376 e. The van der Waals surface area contributed by atoms with Gasteiger partial charge in [0.25, 0.3) is 0 Å². The van der Waals surface area contributed by atoms with Gasteiger partial charge in [0, 0.05) is 47.3 Å². The summed E-state index contributed by atoms with van der Waals surface area (Å²) in [5.74, 6) is -0.994. The number of rotatable bonds is 6. The summed E-state index contributed by atoms with van der Waals surface area (Å²) >= 11 is 6.34. The Morgan fingerprint density at radius 3 is 2.97 bits per heavy atom. The molecule has 0 bridgehead atoms. The molecular weight excluding hydrogens is 424 g/mol. The third-order valence-corrected chi connectivity index (χ3v) is 5.95. The minimum absolute atomic E-state index is 0.00128. The van der Waals surface area contributed by atoms with Gasteiger partial charge in [-0.05, 0) is 42.8 Å². The van der Waals surface area contributed by atoms with E-state index >= 15 is 0 Å². The number of H-pyrrole nitrogens is 1. The Labute approximate surface area is 184 Å². The average Bonchev–Trinajstić information content (AvgIpc) is 3.12. The molecule has 3 aromatic rings. The van der Waals surface area contributed by atoms with Gasteiger partial charge in [0.05, 0.1) is 25.2 Å². The lowest BCUT2D eigenvalue weighted by atomic mass is 10.0. The molecule has 1 amide bonds. The van der Waals surface area contributed by atoms with Crippen molar-refractivity contribution in [2.75, 3.05) is 26.2 Å². The molecule has 0 aliphatic carbocycles. The van der Waals surface area contributed by atoms with E-state index in [-0.39, 0.29) is 30.8 Å². The summed E-state index contributed by atoms with van der Waals surface area (Å²) in [6.07, 6.45) is 1.79. The van der Waals surface area contributed by atoms with Crippen molar-refractivity contribution in [3.05, 3.63) is 70.4 Å². The molecule has 1 aromatic heterocycles. The molecule has 0 radical (unpaired) electrons. The number of benzene rings is 2. The third-order valence-electron chi connectivity index (χ3n) is 5.62. The fourth-order valence-corrected chi connectivity index (χ4v) is 4.40. The van der Waals surface area contributed by atoms with Gasteiger partial charge in [-0.3, -0.25) is 9.69 Å². The Hall–Kier alpha value is -2.48. The Balaban J connectivity index is 1.51. The van der Waals surface area contributed by atoms with Gasteiger partial charge in [-0.1, -0.05) is 17.7 Å². The van der Waals surface area contributed by atoms with E-state index in [1.54, 1.807) is 24.4 Å². The van der Waals surface area contributed by atoms with E-state index in [1.807, 2.05) is 6.92 Å². The third kappa shape index (κ3) is 4.89. The smallest absolute Gasteiger partial charge is 0.224 e. The van der Waals surface area contributed by atoms with Crippen LogP contribution in [0.4, 0.5) is 8.78 Å². The van der Waals surface area contributed by atoms with Crippen LogP contribution in [0.15, 0.2) is 42.6 Å². The van der Waals surface area contributed by atoms with Crippen LogP contribution in [0.2, 0.25) is 5.02 Å². The summed E-state index contributed by atoms with van der Waals surface area (Å²) in [5.41, 5.74) is 1.84. The van der Waals surface area contributed by atoms with Gasteiger partial charge < -0.3 is 15.0 Å². The highest BCUT2D eigenvalue weighted by Crippen LogP contribution is 2.31. The lowest BCUT2D eigenvalue weighted by Crippen LogP contribution is -2.47. The minimum atomic E-state index is -0.426. The normalized spacial score (nSPS) is 18.3. The van der Waals surface area contributed by atoms with Crippen LogP contribution in [0.3, 0.4) is 0 Å². The lowest BCUT2D eigenvalue weighted by Gasteiger charge is -2.38. The zero-order chi connectivity index (χ0) is 22.0. The molecule has 0 saturated carbocycles. The summed E-state index contributed by atoms with van der Waals surface area (Å²) in [7, 11) is 0. The van der Waals surface area contributed by atoms with E-state index < -0.39 is 11.9 Å². The molecule has 0 spiro atoms. The SMILES string of the molecule is CC1CN(C(CNC(=O)Cc2c[nH]c3ccc(F)cc23)c2c(F)cccc2Cl)CCO1. The first-order valence-corrected chi connectivity index (χ1v) is 10.6. The van der Waals surface area contributed by atoms with Crippen molar-refractivity contribution in [2.45, 2.75) is 25.5 Å². The zero-order valence-electron chi connectivity index (χ0n) is 17.1. The van der Waals surface area contributed by atoms with Gasteiger partial charge in [0.15, 0.2) is 0 Å². The molecule has 2 unspecified atom stereocenters. The molecule has 1 fully saturated rings. The number of ether oxygens (including phenoxy) is 1. The Morgan fingerprint density at radius 2 is 2.19 bits per heavy atom. The van der Waals surface area contributed by atoms with Crippen LogP contribution in [0.1, 0.15) is 24.1 Å². The summed E-state index contributed by atoms with van der Waals surface area (Å²) in [6, 6.07) is 8.58. The standard InChI is InChI=1S/C23H24ClF2N3O2/c1-14-13-29(7-8-31-14)21(23-18(24)3-2-4-19(23)26)12-28-22(30)9-15-11-27-20-6-5-16(25)10-17(15)20/h2-6,10-11,14,21,27H,7-9,12-13H2,1H3,(H,28,30). The fraction of sp³-hybridized carbons (Fsp3) is 0.348. The van der Waals surface area contributed by atoms with Crippen LogP contribution in [0, 0.1) is 11.6 Å². The van der Waals surface area contributed by atoms with Gasteiger partial charge in [0.2, 0.25) is 5.91 Å². The first kappa shape index (κ1) is 21.7. The van der Waals surface area contributed by atoms with Gasteiger partial charge in [-0.15, -0.1) is 0 Å². The number of halogens is 3. The molecule has 2 N–H and O–H groups in total. The van der Waals surface area contributed by atoms with E-state index in [4.69, 9.17) is 16.3 Å². The zero-order valence-corrected chi connectivity index (χ0v) is 17.9. The lowest BCUT2D eigenvalue weighted by molar-refractivity contribution is -0.120. The van der Waals surface area contributed by atoms with Gasteiger partial charge in [-0.2, -0.15) is 0 Å². The number of nitrogens with one attached hydrogen (secondary N) is 2. The van der Waals surface area contributed by atoms with Gasteiger partial charge in [-0.25, -0.2) is 8.78 Å². The van der Waals surface area contributed by atoms with E-state index in [2.05, 4.69) is 15.2 Å². The topological polar surface area (TPSA) is 57.4 Å². The highest BCUT2D eigenvalue weighted by molar-refractivity contribution is 6.31. The molecule has 164 valence electrons.